The van der Waals surface area contributed by atoms with E-state index in [0.717, 1.165) is 29.8 Å². The van der Waals surface area contributed by atoms with Gasteiger partial charge >= 0.3 is 0 Å². The number of hydrogen-bond donors (Lipinski definition) is 1. The summed E-state index contributed by atoms with van der Waals surface area (Å²) >= 11 is 1.65. The second kappa shape index (κ2) is 4.88. The van der Waals surface area contributed by atoms with Crippen LogP contribution < -0.4 is 5.73 Å². The summed E-state index contributed by atoms with van der Waals surface area (Å²) in [6.07, 6.45) is 4.61. The zero-order valence-electron chi connectivity index (χ0n) is 8.85. The van der Waals surface area contributed by atoms with E-state index in [-0.39, 0.29) is 0 Å². The lowest BCUT2D eigenvalue weighted by atomic mass is 10.4. The Morgan fingerprint density at radius 3 is 3.00 bits per heavy atom. The predicted molar refractivity (Wildman–Crippen MR) is 63.6 cm³/mol. The third-order valence-corrected chi connectivity index (χ3v) is 3.49. The summed E-state index contributed by atoms with van der Waals surface area (Å²) in [4.78, 5) is 6.91. The van der Waals surface area contributed by atoms with Crippen LogP contribution in [-0.2, 0) is 13.1 Å². The highest BCUT2D eigenvalue weighted by molar-refractivity contribution is 7.09. The molecule has 0 atom stereocenters. The highest BCUT2D eigenvalue weighted by Crippen LogP contribution is 2.28. The fourth-order valence-corrected chi connectivity index (χ4v) is 2.34. The fraction of sp³-hybridized carbons (Fsp3) is 0.545. The molecule has 15 heavy (non-hydrogen) atoms. The van der Waals surface area contributed by atoms with Gasteiger partial charge in [-0.3, -0.25) is 4.90 Å². The van der Waals surface area contributed by atoms with Crippen molar-refractivity contribution in [3.05, 3.63) is 28.7 Å². The minimum absolute atomic E-state index is 0.551. The standard InChI is InChI=1S/C11H17N3S/c1-2-5-14(10-3-4-10)7-9-8-15-11(6-12)13-9/h2,8,10H,1,3-7,12H2. The van der Waals surface area contributed by atoms with Gasteiger partial charge in [-0.25, -0.2) is 4.98 Å². The van der Waals surface area contributed by atoms with Crippen LogP contribution in [0, 0.1) is 0 Å². The molecule has 1 aliphatic carbocycles. The van der Waals surface area contributed by atoms with Gasteiger partial charge in [-0.2, -0.15) is 0 Å². The Morgan fingerprint density at radius 2 is 2.47 bits per heavy atom. The Bertz CT molecular complexity index is 330. The molecule has 1 heterocycles. The Labute approximate surface area is 94.6 Å². The molecular weight excluding hydrogens is 206 g/mol. The van der Waals surface area contributed by atoms with Gasteiger partial charge in [-0.15, -0.1) is 17.9 Å². The summed E-state index contributed by atoms with van der Waals surface area (Å²) in [5.74, 6) is 0. The second-order valence-electron chi connectivity index (χ2n) is 3.89. The second-order valence-corrected chi connectivity index (χ2v) is 4.83. The van der Waals surface area contributed by atoms with E-state index < -0.39 is 0 Å². The molecule has 1 saturated carbocycles. The highest BCUT2D eigenvalue weighted by Gasteiger charge is 2.28. The highest BCUT2D eigenvalue weighted by atomic mass is 32.1. The van der Waals surface area contributed by atoms with E-state index in [0.29, 0.717) is 6.54 Å². The van der Waals surface area contributed by atoms with Crippen molar-refractivity contribution in [2.24, 2.45) is 5.73 Å². The van der Waals surface area contributed by atoms with Crippen LogP contribution in [0.4, 0.5) is 0 Å². The average Bonchev–Trinajstić information content (AvgIpc) is 2.99. The molecule has 0 unspecified atom stereocenters. The SMILES string of the molecule is C=CCN(Cc1csc(CN)n1)C1CC1. The van der Waals surface area contributed by atoms with Crippen molar-refractivity contribution in [2.75, 3.05) is 6.54 Å². The Hall–Kier alpha value is -0.710. The molecule has 3 nitrogen and oxygen atoms in total. The van der Waals surface area contributed by atoms with Crippen LogP contribution in [-0.4, -0.2) is 22.5 Å². The molecule has 82 valence electrons. The van der Waals surface area contributed by atoms with Crippen LogP contribution in [0.3, 0.4) is 0 Å². The molecule has 0 bridgehead atoms. The monoisotopic (exact) mass is 223 g/mol. The number of nitrogens with zero attached hydrogens (tertiary/aromatic N) is 2. The number of hydrogen-bond acceptors (Lipinski definition) is 4. The molecule has 2 rings (SSSR count). The van der Waals surface area contributed by atoms with Gasteiger partial charge in [0.15, 0.2) is 0 Å². The van der Waals surface area contributed by atoms with Crippen LogP contribution in [0.15, 0.2) is 18.0 Å². The van der Waals surface area contributed by atoms with Gasteiger partial charge in [-0.1, -0.05) is 6.08 Å². The van der Waals surface area contributed by atoms with Crippen molar-refractivity contribution >= 4 is 11.3 Å². The summed E-state index contributed by atoms with van der Waals surface area (Å²) in [6, 6.07) is 0.756. The fourth-order valence-electron chi connectivity index (χ4n) is 1.67. The Kier molecular flexibility index (Phi) is 3.51. The van der Waals surface area contributed by atoms with E-state index >= 15 is 0 Å². The first kappa shape index (κ1) is 10.8. The molecule has 4 heteroatoms. The number of thiazole rings is 1. The molecule has 0 spiro atoms. The van der Waals surface area contributed by atoms with Crippen LogP contribution in [0.5, 0.6) is 0 Å². The van der Waals surface area contributed by atoms with E-state index in [2.05, 4.69) is 21.8 Å². The quantitative estimate of drug-likeness (QED) is 0.747. The van der Waals surface area contributed by atoms with Gasteiger partial charge in [0, 0.05) is 31.1 Å². The first-order valence-electron chi connectivity index (χ1n) is 5.31. The van der Waals surface area contributed by atoms with Gasteiger partial charge in [0.1, 0.15) is 5.01 Å². The summed E-state index contributed by atoms with van der Waals surface area (Å²) in [7, 11) is 0. The molecule has 2 N–H and O–H groups in total. The molecule has 0 saturated heterocycles. The van der Waals surface area contributed by atoms with E-state index in [1.807, 2.05) is 6.08 Å². The predicted octanol–water partition coefficient (Wildman–Crippen LogP) is 1.75. The molecule has 0 aromatic carbocycles. The van der Waals surface area contributed by atoms with Crippen molar-refractivity contribution in [3.63, 3.8) is 0 Å². The Balaban J connectivity index is 1.95. The summed E-state index contributed by atoms with van der Waals surface area (Å²) in [5.41, 5.74) is 6.69. The maximum Gasteiger partial charge on any atom is 0.106 e. The van der Waals surface area contributed by atoms with Crippen LogP contribution in [0.1, 0.15) is 23.5 Å². The first-order chi connectivity index (χ1) is 7.33. The largest absolute Gasteiger partial charge is 0.325 e. The maximum absolute atomic E-state index is 5.54. The van der Waals surface area contributed by atoms with Crippen LogP contribution in [0.25, 0.3) is 0 Å². The first-order valence-corrected chi connectivity index (χ1v) is 6.19. The zero-order valence-corrected chi connectivity index (χ0v) is 9.67. The molecule has 0 radical (unpaired) electrons. The summed E-state index contributed by atoms with van der Waals surface area (Å²) in [6.45, 7) is 6.24. The van der Waals surface area contributed by atoms with Gasteiger partial charge in [0.2, 0.25) is 0 Å². The number of rotatable bonds is 6. The normalized spacial score (nSPS) is 15.9. The van der Waals surface area contributed by atoms with Gasteiger partial charge in [-0.05, 0) is 12.8 Å². The molecule has 0 aliphatic heterocycles. The van der Waals surface area contributed by atoms with Crippen LogP contribution >= 0.6 is 11.3 Å². The van der Waals surface area contributed by atoms with Gasteiger partial charge in [0.25, 0.3) is 0 Å². The van der Waals surface area contributed by atoms with Crippen LogP contribution in [0.2, 0.25) is 0 Å². The Morgan fingerprint density at radius 1 is 1.67 bits per heavy atom. The lowest BCUT2D eigenvalue weighted by Crippen LogP contribution is -2.25. The summed E-state index contributed by atoms with van der Waals surface area (Å²) in [5, 5.41) is 3.14. The molecule has 1 aromatic rings. The molecule has 0 amide bonds. The number of nitrogens with two attached hydrogens (primary N) is 1. The lowest BCUT2D eigenvalue weighted by Gasteiger charge is -2.18. The smallest absolute Gasteiger partial charge is 0.106 e. The van der Waals surface area contributed by atoms with Crippen molar-refractivity contribution < 1.29 is 0 Å². The molecule has 1 aromatic heterocycles. The minimum Gasteiger partial charge on any atom is -0.325 e. The maximum atomic E-state index is 5.54. The van der Waals surface area contributed by atoms with E-state index in [1.165, 1.54) is 12.8 Å². The van der Waals surface area contributed by atoms with E-state index in [4.69, 9.17) is 5.73 Å². The average molecular weight is 223 g/mol. The molecular formula is C11H17N3S. The third-order valence-electron chi connectivity index (χ3n) is 2.57. The number of aromatic nitrogens is 1. The van der Waals surface area contributed by atoms with Gasteiger partial charge < -0.3 is 5.73 Å². The third kappa shape index (κ3) is 2.87. The van der Waals surface area contributed by atoms with Gasteiger partial charge in [0.05, 0.1) is 5.69 Å². The van der Waals surface area contributed by atoms with Crippen molar-refractivity contribution in [1.82, 2.24) is 9.88 Å². The minimum atomic E-state index is 0.551. The van der Waals surface area contributed by atoms with E-state index in [1.54, 1.807) is 11.3 Å². The van der Waals surface area contributed by atoms with Crippen molar-refractivity contribution in [2.45, 2.75) is 32.0 Å². The topological polar surface area (TPSA) is 42.1 Å². The zero-order chi connectivity index (χ0) is 10.7. The van der Waals surface area contributed by atoms with Crippen molar-refractivity contribution in [3.8, 4) is 0 Å². The van der Waals surface area contributed by atoms with E-state index in [9.17, 15) is 0 Å². The molecule has 1 fully saturated rings. The lowest BCUT2D eigenvalue weighted by molar-refractivity contribution is 0.281. The van der Waals surface area contributed by atoms with Crippen molar-refractivity contribution in [1.29, 1.82) is 0 Å². The molecule has 1 aliphatic rings. The summed E-state index contributed by atoms with van der Waals surface area (Å²) < 4.78 is 0.